The van der Waals surface area contributed by atoms with Crippen LogP contribution in [0.25, 0.3) is 0 Å². The number of carbonyl (C=O) groups excluding carboxylic acids is 2. The summed E-state index contributed by atoms with van der Waals surface area (Å²) in [5.74, 6) is 0.408. The lowest BCUT2D eigenvalue weighted by atomic mass is 10.3. The molecule has 2 rings (SSSR count). The van der Waals surface area contributed by atoms with E-state index < -0.39 is 10.0 Å². The second kappa shape index (κ2) is 9.05. The van der Waals surface area contributed by atoms with Crippen LogP contribution in [0.4, 0.5) is 0 Å². The highest BCUT2D eigenvalue weighted by Crippen LogP contribution is 2.27. The molecule has 0 aromatic heterocycles. The minimum atomic E-state index is -3.86. The predicted octanol–water partition coefficient (Wildman–Crippen LogP) is 0.0629. The van der Waals surface area contributed by atoms with E-state index in [2.05, 4.69) is 4.72 Å². The summed E-state index contributed by atoms with van der Waals surface area (Å²) in [6, 6.07) is 4.47. The van der Waals surface area contributed by atoms with Crippen LogP contribution in [0.15, 0.2) is 23.1 Å². The molecule has 0 bridgehead atoms. The normalized spacial score (nSPS) is 14.8. The Morgan fingerprint density at radius 3 is 2.26 bits per heavy atom. The molecule has 0 spiro atoms. The van der Waals surface area contributed by atoms with Gasteiger partial charge in [0.25, 0.3) is 0 Å². The van der Waals surface area contributed by atoms with E-state index in [0.717, 1.165) is 0 Å². The predicted molar refractivity (Wildman–Crippen MR) is 98.2 cm³/mol. The highest BCUT2D eigenvalue weighted by atomic mass is 32.2. The van der Waals surface area contributed by atoms with Crippen molar-refractivity contribution in [2.45, 2.75) is 18.2 Å². The van der Waals surface area contributed by atoms with Gasteiger partial charge >= 0.3 is 0 Å². The zero-order valence-electron chi connectivity index (χ0n) is 15.7. The quantitative estimate of drug-likeness (QED) is 0.695. The summed E-state index contributed by atoms with van der Waals surface area (Å²) in [6.45, 7) is 3.36. The summed E-state index contributed by atoms with van der Waals surface area (Å²) in [7, 11) is -1.04. The number of piperazine rings is 1. The van der Waals surface area contributed by atoms with Crippen LogP contribution in [0.1, 0.15) is 13.3 Å². The summed E-state index contributed by atoms with van der Waals surface area (Å²) in [4.78, 5) is 26.9. The third-order valence-electron chi connectivity index (χ3n) is 4.37. The van der Waals surface area contributed by atoms with E-state index in [1.807, 2.05) is 0 Å². The van der Waals surface area contributed by atoms with Crippen molar-refractivity contribution in [3.63, 3.8) is 0 Å². The Bertz CT molecular complexity index is 788. The van der Waals surface area contributed by atoms with Gasteiger partial charge in [-0.1, -0.05) is 0 Å². The van der Waals surface area contributed by atoms with Crippen LogP contribution >= 0.6 is 0 Å². The molecule has 1 aliphatic rings. The van der Waals surface area contributed by atoms with Gasteiger partial charge in [0.1, 0.15) is 16.4 Å². The van der Waals surface area contributed by atoms with E-state index in [-0.39, 0.29) is 35.4 Å². The molecule has 0 aliphatic carbocycles. The van der Waals surface area contributed by atoms with Gasteiger partial charge in [-0.3, -0.25) is 9.59 Å². The number of rotatable bonds is 7. The fourth-order valence-corrected chi connectivity index (χ4v) is 4.01. The van der Waals surface area contributed by atoms with Crippen LogP contribution in [-0.4, -0.2) is 77.0 Å². The zero-order valence-corrected chi connectivity index (χ0v) is 16.5. The first-order valence-electron chi connectivity index (χ1n) is 8.53. The van der Waals surface area contributed by atoms with Crippen molar-refractivity contribution in [1.29, 1.82) is 0 Å². The second-order valence-corrected chi connectivity index (χ2v) is 7.79. The third-order valence-corrected chi connectivity index (χ3v) is 5.85. The lowest BCUT2D eigenvalue weighted by Gasteiger charge is -2.34. The van der Waals surface area contributed by atoms with Gasteiger partial charge in [-0.2, -0.15) is 0 Å². The van der Waals surface area contributed by atoms with Gasteiger partial charge in [-0.25, -0.2) is 13.1 Å². The Balaban J connectivity index is 1.92. The largest absolute Gasteiger partial charge is 0.497 e. The molecule has 10 heteroatoms. The minimum absolute atomic E-state index is 0.0119. The van der Waals surface area contributed by atoms with Gasteiger partial charge in [0, 0.05) is 52.1 Å². The first kappa shape index (κ1) is 21.0. The summed E-state index contributed by atoms with van der Waals surface area (Å²) in [6.07, 6.45) is 0.0333. The molecule has 0 unspecified atom stereocenters. The number of methoxy groups -OCH3 is 2. The highest BCUT2D eigenvalue weighted by Gasteiger charge is 2.24. The molecule has 1 aromatic carbocycles. The summed E-state index contributed by atoms with van der Waals surface area (Å²) >= 11 is 0. The van der Waals surface area contributed by atoms with E-state index in [9.17, 15) is 18.0 Å². The van der Waals surface area contributed by atoms with Crippen molar-refractivity contribution in [3.8, 4) is 11.5 Å². The second-order valence-electron chi connectivity index (χ2n) is 6.05. The molecular formula is C17H25N3O6S. The first-order chi connectivity index (χ1) is 12.8. The first-order valence-corrected chi connectivity index (χ1v) is 10.0. The van der Waals surface area contributed by atoms with Gasteiger partial charge in [0.05, 0.1) is 14.2 Å². The number of hydrogen-bond acceptors (Lipinski definition) is 6. The van der Waals surface area contributed by atoms with E-state index in [1.54, 1.807) is 15.9 Å². The van der Waals surface area contributed by atoms with Gasteiger partial charge in [-0.15, -0.1) is 0 Å². The molecule has 1 aromatic rings. The third kappa shape index (κ3) is 5.33. The Morgan fingerprint density at radius 1 is 1.07 bits per heavy atom. The van der Waals surface area contributed by atoms with Crippen molar-refractivity contribution in [3.05, 3.63) is 18.2 Å². The van der Waals surface area contributed by atoms with Crippen LogP contribution < -0.4 is 14.2 Å². The Kier molecular flexibility index (Phi) is 7.03. The fraction of sp³-hybridized carbons (Fsp3) is 0.529. The molecule has 1 heterocycles. The maximum absolute atomic E-state index is 12.5. The number of nitrogens with one attached hydrogen (secondary N) is 1. The van der Waals surface area contributed by atoms with E-state index in [1.165, 1.54) is 33.3 Å². The topological polar surface area (TPSA) is 105 Å². The molecule has 0 atom stereocenters. The van der Waals surface area contributed by atoms with Gasteiger partial charge in [-0.05, 0) is 12.1 Å². The van der Waals surface area contributed by atoms with Gasteiger partial charge in [0.15, 0.2) is 0 Å². The maximum atomic E-state index is 12.5. The Hall–Kier alpha value is -2.33. The fourth-order valence-electron chi connectivity index (χ4n) is 2.79. The van der Waals surface area contributed by atoms with Crippen molar-refractivity contribution in [2.75, 3.05) is 46.9 Å². The monoisotopic (exact) mass is 399 g/mol. The molecule has 27 heavy (non-hydrogen) atoms. The van der Waals surface area contributed by atoms with Gasteiger partial charge in [0.2, 0.25) is 21.8 Å². The molecular weight excluding hydrogens is 374 g/mol. The molecule has 1 N–H and O–H groups in total. The lowest BCUT2D eigenvalue weighted by Crippen LogP contribution is -2.50. The van der Waals surface area contributed by atoms with Crippen LogP contribution in [-0.2, 0) is 19.6 Å². The molecule has 150 valence electrons. The average Bonchev–Trinajstić information content (AvgIpc) is 2.67. The lowest BCUT2D eigenvalue weighted by molar-refractivity contribution is -0.138. The van der Waals surface area contributed by atoms with Crippen LogP contribution in [0.2, 0.25) is 0 Å². The molecule has 1 fully saturated rings. The molecule has 0 saturated carbocycles. The Labute approximate surface area is 159 Å². The average molecular weight is 399 g/mol. The van der Waals surface area contributed by atoms with Crippen LogP contribution in [0.3, 0.4) is 0 Å². The summed E-state index contributed by atoms with van der Waals surface area (Å²) in [5, 5.41) is 0. The van der Waals surface area contributed by atoms with E-state index >= 15 is 0 Å². The van der Waals surface area contributed by atoms with E-state index in [0.29, 0.717) is 31.9 Å². The smallest absolute Gasteiger partial charge is 0.244 e. The minimum Gasteiger partial charge on any atom is -0.497 e. The number of carbonyl (C=O) groups is 2. The molecule has 9 nitrogen and oxygen atoms in total. The van der Waals surface area contributed by atoms with Crippen LogP contribution in [0.5, 0.6) is 11.5 Å². The molecule has 2 amide bonds. The van der Waals surface area contributed by atoms with E-state index in [4.69, 9.17) is 9.47 Å². The van der Waals surface area contributed by atoms with Crippen LogP contribution in [0, 0.1) is 0 Å². The summed E-state index contributed by atoms with van der Waals surface area (Å²) < 4.78 is 37.7. The van der Waals surface area contributed by atoms with Crippen molar-refractivity contribution >= 4 is 21.8 Å². The Morgan fingerprint density at radius 2 is 1.70 bits per heavy atom. The number of sulfonamides is 1. The molecule has 1 saturated heterocycles. The summed E-state index contributed by atoms with van der Waals surface area (Å²) in [5.41, 5.74) is 0. The number of amides is 2. The van der Waals surface area contributed by atoms with Crippen molar-refractivity contribution in [1.82, 2.24) is 14.5 Å². The SMILES string of the molecule is COc1ccc(OC)c(S(=O)(=O)NCCC(=O)N2CCN(C(C)=O)CC2)c1. The number of nitrogens with zero attached hydrogens (tertiary/aromatic N) is 2. The standard InChI is InChI=1S/C17H25N3O6S/c1-13(21)19-8-10-20(11-9-19)17(22)6-7-18-27(23,24)16-12-14(25-2)4-5-15(16)26-3/h4-5,12,18H,6-11H2,1-3H3. The maximum Gasteiger partial charge on any atom is 0.244 e. The number of ether oxygens (including phenoxy) is 2. The van der Waals surface area contributed by atoms with Gasteiger partial charge < -0.3 is 19.3 Å². The van der Waals surface area contributed by atoms with Crippen molar-refractivity contribution in [2.24, 2.45) is 0 Å². The molecule has 0 radical (unpaired) electrons. The zero-order chi connectivity index (χ0) is 20.0. The highest BCUT2D eigenvalue weighted by molar-refractivity contribution is 7.89. The number of benzene rings is 1. The molecule has 1 aliphatic heterocycles. The van der Waals surface area contributed by atoms with Crippen molar-refractivity contribution < 1.29 is 27.5 Å². The number of hydrogen-bond donors (Lipinski definition) is 1.